The third-order valence-corrected chi connectivity index (χ3v) is 3.45. The molecule has 2 rings (SSSR count). The van der Waals surface area contributed by atoms with Crippen LogP contribution < -0.4 is 15.8 Å². The van der Waals surface area contributed by atoms with E-state index < -0.39 is 6.03 Å². The number of hydrogen-bond donors (Lipinski definition) is 2. The zero-order chi connectivity index (χ0) is 17.5. The van der Waals surface area contributed by atoms with Crippen LogP contribution in [0.4, 0.5) is 10.5 Å². The number of nitrogens with zero attached hydrogens (tertiary/aromatic N) is 1. The van der Waals surface area contributed by atoms with Crippen LogP contribution in [0.3, 0.4) is 0 Å². The highest BCUT2D eigenvalue weighted by Crippen LogP contribution is 2.17. The van der Waals surface area contributed by atoms with Crippen LogP contribution in [-0.4, -0.2) is 37.0 Å². The number of urea groups is 1. The summed E-state index contributed by atoms with van der Waals surface area (Å²) in [6.07, 6.45) is 0. The monoisotopic (exact) mass is 347 g/mol. The van der Waals surface area contributed by atoms with Gasteiger partial charge in [-0.3, -0.25) is 4.79 Å². The first kappa shape index (κ1) is 17.6. The number of nitrogens with two attached hydrogens (primary N) is 1. The van der Waals surface area contributed by atoms with Crippen LogP contribution in [0.2, 0.25) is 5.02 Å². The third-order valence-electron chi connectivity index (χ3n) is 3.22. The number of halogens is 1. The van der Waals surface area contributed by atoms with Crippen molar-refractivity contribution < 1.29 is 14.3 Å². The second kappa shape index (κ2) is 8.21. The summed E-state index contributed by atoms with van der Waals surface area (Å²) in [6, 6.07) is 13.0. The van der Waals surface area contributed by atoms with E-state index in [1.807, 2.05) is 0 Å². The van der Waals surface area contributed by atoms with Crippen LogP contribution in [0.5, 0.6) is 5.75 Å². The molecule has 0 radical (unpaired) electrons. The van der Waals surface area contributed by atoms with Gasteiger partial charge >= 0.3 is 6.03 Å². The number of carbonyl (C=O) groups excluding carboxylic acids is 2. The highest BCUT2D eigenvalue weighted by Gasteiger charge is 2.12. The van der Waals surface area contributed by atoms with E-state index >= 15 is 0 Å². The van der Waals surface area contributed by atoms with Crippen molar-refractivity contribution in [2.75, 3.05) is 25.5 Å². The van der Waals surface area contributed by atoms with Crippen LogP contribution >= 0.6 is 11.6 Å². The Balaban J connectivity index is 1.91. The maximum Gasteiger partial charge on any atom is 0.316 e. The molecule has 0 saturated carbocycles. The van der Waals surface area contributed by atoms with Crippen molar-refractivity contribution in [1.29, 1.82) is 0 Å². The van der Waals surface area contributed by atoms with Crippen LogP contribution in [0, 0.1) is 0 Å². The zero-order valence-corrected chi connectivity index (χ0v) is 13.9. The lowest BCUT2D eigenvalue weighted by Crippen LogP contribution is -2.31. The number of rotatable bonds is 6. The van der Waals surface area contributed by atoms with Gasteiger partial charge in [0, 0.05) is 23.3 Å². The van der Waals surface area contributed by atoms with E-state index in [9.17, 15) is 9.59 Å². The Labute approximate surface area is 145 Å². The minimum absolute atomic E-state index is 0.183. The number of amides is 3. The molecular weight excluding hydrogens is 330 g/mol. The molecule has 0 unspecified atom stereocenters. The molecule has 0 aliphatic rings. The first-order chi connectivity index (χ1) is 11.5. The molecular formula is C17H18ClN3O3. The summed E-state index contributed by atoms with van der Waals surface area (Å²) in [6.45, 7) is 0.737. The van der Waals surface area contributed by atoms with Crippen molar-refractivity contribution in [3.8, 4) is 5.75 Å². The molecule has 0 aromatic heterocycles. The molecule has 0 aliphatic carbocycles. The molecule has 0 fully saturated rings. The number of carbonyl (C=O) groups is 2. The van der Waals surface area contributed by atoms with Crippen molar-refractivity contribution in [2.24, 2.45) is 5.73 Å². The van der Waals surface area contributed by atoms with E-state index in [1.54, 1.807) is 55.6 Å². The van der Waals surface area contributed by atoms with Crippen molar-refractivity contribution in [2.45, 2.75) is 0 Å². The second-order valence-corrected chi connectivity index (χ2v) is 5.54. The number of ether oxygens (including phenoxy) is 1. The number of nitrogens with one attached hydrogen (secondary N) is 1. The molecule has 7 heteroatoms. The SMILES string of the molecule is CN(CCOc1cccc(Cl)c1)C(=O)c1cccc(NC(N)=O)c1. The molecule has 126 valence electrons. The first-order valence-corrected chi connectivity index (χ1v) is 7.64. The summed E-state index contributed by atoms with van der Waals surface area (Å²) < 4.78 is 5.57. The predicted molar refractivity (Wildman–Crippen MR) is 93.6 cm³/mol. The summed E-state index contributed by atoms with van der Waals surface area (Å²) in [7, 11) is 1.68. The molecule has 6 nitrogen and oxygen atoms in total. The average Bonchev–Trinajstić information content (AvgIpc) is 2.53. The molecule has 0 aliphatic heterocycles. The molecule has 24 heavy (non-hydrogen) atoms. The third kappa shape index (κ3) is 5.17. The Bertz CT molecular complexity index is 737. The fourth-order valence-electron chi connectivity index (χ4n) is 2.05. The summed E-state index contributed by atoms with van der Waals surface area (Å²) in [5.74, 6) is 0.466. The lowest BCUT2D eigenvalue weighted by molar-refractivity contribution is 0.0774. The van der Waals surface area contributed by atoms with Crippen molar-refractivity contribution in [1.82, 2.24) is 4.90 Å². The summed E-state index contributed by atoms with van der Waals surface area (Å²) in [5.41, 5.74) is 5.99. The van der Waals surface area contributed by atoms with Gasteiger partial charge in [0.15, 0.2) is 0 Å². The van der Waals surface area contributed by atoms with Crippen molar-refractivity contribution in [3.63, 3.8) is 0 Å². The van der Waals surface area contributed by atoms with Gasteiger partial charge in [-0.25, -0.2) is 4.79 Å². The number of benzene rings is 2. The molecule has 0 atom stereocenters. The van der Waals surface area contributed by atoms with Crippen LogP contribution in [0.1, 0.15) is 10.4 Å². The molecule has 2 aromatic carbocycles. The lowest BCUT2D eigenvalue weighted by Gasteiger charge is -2.18. The Morgan fingerprint density at radius 3 is 2.67 bits per heavy atom. The van der Waals surface area contributed by atoms with Crippen LogP contribution in [0.25, 0.3) is 0 Å². The minimum atomic E-state index is -0.678. The second-order valence-electron chi connectivity index (χ2n) is 5.10. The van der Waals surface area contributed by atoms with Gasteiger partial charge in [-0.05, 0) is 36.4 Å². The Kier molecular flexibility index (Phi) is 6.03. The van der Waals surface area contributed by atoms with Gasteiger partial charge in [0.2, 0.25) is 0 Å². The summed E-state index contributed by atoms with van der Waals surface area (Å²) >= 11 is 5.88. The Hall–Kier alpha value is -2.73. The topological polar surface area (TPSA) is 84.7 Å². The van der Waals surface area contributed by atoms with E-state index in [-0.39, 0.29) is 5.91 Å². The molecule has 0 spiro atoms. The first-order valence-electron chi connectivity index (χ1n) is 7.26. The van der Waals surface area contributed by atoms with Crippen LogP contribution in [-0.2, 0) is 0 Å². The average molecular weight is 348 g/mol. The van der Waals surface area contributed by atoms with E-state index in [4.69, 9.17) is 22.1 Å². The molecule has 0 heterocycles. The molecule has 3 amide bonds. The molecule has 3 N–H and O–H groups in total. The van der Waals surface area contributed by atoms with E-state index in [2.05, 4.69) is 5.32 Å². The number of primary amides is 1. The van der Waals surface area contributed by atoms with Gasteiger partial charge in [-0.2, -0.15) is 0 Å². The van der Waals surface area contributed by atoms with Gasteiger partial charge in [-0.1, -0.05) is 23.7 Å². The zero-order valence-electron chi connectivity index (χ0n) is 13.2. The van der Waals surface area contributed by atoms with Gasteiger partial charge in [0.05, 0.1) is 6.54 Å². The number of anilines is 1. The summed E-state index contributed by atoms with van der Waals surface area (Å²) in [4.78, 5) is 24.8. The highest BCUT2D eigenvalue weighted by atomic mass is 35.5. The van der Waals surface area contributed by atoms with E-state index in [0.717, 1.165) is 0 Å². The molecule has 2 aromatic rings. The van der Waals surface area contributed by atoms with Crippen LogP contribution in [0.15, 0.2) is 48.5 Å². The highest BCUT2D eigenvalue weighted by molar-refractivity contribution is 6.30. The minimum Gasteiger partial charge on any atom is -0.492 e. The Morgan fingerprint density at radius 1 is 1.21 bits per heavy atom. The molecule has 0 bridgehead atoms. The van der Waals surface area contributed by atoms with Gasteiger partial charge in [-0.15, -0.1) is 0 Å². The van der Waals surface area contributed by atoms with Gasteiger partial charge < -0.3 is 20.7 Å². The normalized spacial score (nSPS) is 10.1. The van der Waals surface area contributed by atoms with Gasteiger partial charge in [0.1, 0.15) is 12.4 Å². The van der Waals surface area contributed by atoms with Gasteiger partial charge in [0.25, 0.3) is 5.91 Å². The quantitative estimate of drug-likeness (QED) is 0.842. The lowest BCUT2D eigenvalue weighted by atomic mass is 10.2. The number of likely N-dealkylation sites (N-methyl/N-ethyl adjacent to an activating group) is 1. The largest absolute Gasteiger partial charge is 0.492 e. The predicted octanol–water partition coefficient (Wildman–Crippen LogP) is 2.98. The van der Waals surface area contributed by atoms with E-state index in [0.29, 0.717) is 35.2 Å². The number of hydrogen-bond acceptors (Lipinski definition) is 3. The smallest absolute Gasteiger partial charge is 0.316 e. The Morgan fingerprint density at radius 2 is 1.96 bits per heavy atom. The van der Waals surface area contributed by atoms with Crippen molar-refractivity contribution in [3.05, 3.63) is 59.1 Å². The molecule has 0 saturated heterocycles. The maximum absolute atomic E-state index is 12.4. The maximum atomic E-state index is 12.4. The summed E-state index contributed by atoms with van der Waals surface area (Å²) in [5, 5.41) is 3.03. The standard InChI is InChI=1S/C17H18ClN3O3/c1-21(8-9-24-15-7-3-5-13(18)11-15)16(22)12-4-2-6-14(10-12)20-17(19)23/h2-7,10-11H,8-9H2,1H3,(H3,19,20,23). The van der Waals surface area contributed by atoms with Crippen molar-refractivity contribution >= 4 is 29.2 Å². The van der Waals surface area contributed by atoms with E-state index in [1.165, 1.54) is 4.90 Å². The fourth-order valence-corrected chi connectivity index (χ4v) is 2.23. The fraction of sp³-hybridized carbons (Fsp3) is 0.176.